The molecule has 4 aromatic rings. The fourth-order valence-electron chi connectivity index (χ4n) is 2.58. The van der Waals surface area contributed by atoms with E-state index in [9.17, 15) is 0 Å². The molecular formula is C17H19N5. The highest BCUT2D eigenvalue weighted by molar-refractivity contribution is 5.75. The van der Waals surface area contributed by atoms with E-state index in [1.54, 1.807) is 4.68 Å². The van der Waals surface area contributed by atoms with E-state index in [4.69, 9.17) is 0 Å². The standard InChI is InChI=1S/C10H12N2.C7H7N3/c1-3-12-8(2)11-9-6-4-5-7-10(9)12;1-10-7-5-3-2-4-6(7)8-9-10/h4-7H,3H2,1-2H3;2-5H,1H3. The molecule has 112 valence electrons. The zero-order valence-corrected chi connectivity index (χ0v) is 13.1. The first-order valence-electron chi connectivity index (χ1n) is 7.37. The first kappa shape index (κ1) is 14.3. The second-order valence-electron chi connectivity index (χ2n) is 5.09. The summed E-state index contributed by atoms with van der Waals surface area (Å²) in [6.07, 6.45) is 0. The minimum atomic E-state index is 0.949. The molecule has 0 bridgehead atoms. The van der Waals surface area contributed by atoms with Gasteiger partial charge in [0.05, 0.1) is 16.6 Å². The topological polar surface area (TPSA) is 48.5 Å². The smallest absolute Gasteiger partial charge is 0.113 e. The molecule has 0 N–H and O–H groups in total. The Balaban J connectivity index is 0.000000133. The van der Waals surface area contributed by atoms with Crippen molar-refractivity contribution in [3.8, 4) is 0 Å². The number of imidazole rings is 1. The Kier molecular flexibility index (Phi) is 3.87. The van der Waals surface area contributed by atoms with Crippen molar-refractivity contribution in [2.75, 3.05) is 0 Å². The van der Waals surface area contributed by atoms with Gasteiger partial charge in [-0.25, -0.2) is 9.67 Å². The van der Waals surface area contributed by atoms with Crippen molar-refractivity contribution in [3.63, 3.8) is 0 Å². The van der Waals surface area contributed by atoms with Gasteiger partial charge in [-0.15, -0.1) is 5.10 Å². The first-order valence-corrected chi connectivity index (χ1v) is 7.37. The number of para-hydroxylation sites is 3. The maximum absolute atomic E-state index is 4.45. The summed E-state index contributed by atoms with van der Waals surface area (Å²) in [5.74, 6) is 1.10. The fraction of sp³-hybridized carbons (Fsp3) is 0.235. The van der Waals surface area contributed by atoms with Crippen molar-refractivity contribution < 1.29 is 0 Å². The molecule has 2 heterocycles. The van der Waals surface area contributed by atoms with Gasteiger partial charge in [0.25, 0.3) is 0 Å². The molecule has 0 radical (unpaired) electrons. The summed E-state index contributed by atoms with van der Waals surface area (Å²) in [7, 11) is 1.88. The predicted octanol–water partition coefficient (Wildman–Crippen LogP) is 3.33. The Morgan fingerprint density at radius 2 is 1.55 bits per heavy atom. The highest BCUT2D eigenvalue weighted by atomic mass is 15.4. The Bertz CT molecular complexity index is 904. The summed E-state index contributed by atoms with van der Waals surface area (Å²) in [5.41, 5.74) is 4.35. The largest absolute Gasteiger partial charge is 0.329 e. The lowest BCUT2D eigenvalue weighted by Gasteiger charge is -2.00. The van der Waals surface area contributed by atoms with Crippen molar-refractivity contribution in [1.29, 1.82) is 0 Å². The van der Waals surface area contributed by atoms with Crippen LogP contribution in [0.4, 0.5) is 0 Å². The van der Waals surface area contributed by atoms with E-state index < -0.39 is 0 Å². The summed E-state index contributed by atoms with van der Waals surface area (Å²) in [6.45, 7) is 5.18. The van der Waals surface area contributed by atoms with Crippen LogP contribution in [0.2, 0.25) is 0 Å². The van der Waals surface area contributed by atoms with Crippen molar-refractivity contribution in [2.45, 2.75) is 20.4 Å². The zero-order valence-electron chi connectivity index (χ0n) is 13.1. The number of aromatic nitrogens is 5. The SMILES string of the molecule is CCn1c(C)nc2ccccc21.Cn1nnc2ccccc21. The van der Waals surface area contributed by atoms with Crippen LogP contribution in [0.5, 0.6) is 0 Å². The minimum Gasteiger partial charge on any atom is -0.329 e. The molecule has 0 unspecified atom stereocenters. The lowest BCUT2D eigenvalue weighted by atomic mass is 10.3. The summed E-state index contributed by atoms with van der Waals surface area (Å²) in [5, 5.41) is 7.79. The number of fused-ring (bicyclic) bond motifs is 2. The van der Waals surface area contributed by atoms with Crippen LogP contribution in [0.25, 0.3) is 22.1 Å². The monoisotopic (exact) mass is 293 g/mol. The van der Waals surface area contributed by atoms with Crippen LogP contribution in [0.1, 0.15) is 12.7 Å². The maximum Gasteiger partial charge on any atom is 0.113 e. The van der Waals surface area contributed by atoms with Gasteiger partial charge in [0.1, 0.15) is 11.3 Å². The fourth-order valence-corrected chi connectivity index (χ4v) is 2.58. The van der Waals surface area contributed by atoms with Gasteiger partial charge >= 0.3 is 0 Å². The van der Waals surface area contributed by atoms with Crippen LogP contribution < -0.4 is 0 Å². The summed E-state index contributed by atoms with van der Waals surface area (Å²) < 4.78 is 3.98. The summed E-state index contributed by atoms with van der Waals surface area (Å²) in [6, 6.07) is 16.1. The number of hydrogen-bond acceptors (Lipinski definition) is 3. The van der Waals surface area contributed by atoms with Gasteiger partial charge in [-0.2, -0.15) is 0 Å². The molecule has 5 nitrogen and oxygen atoms in total. The maximum atomic E-state index is 4.45. The van der Waals surface area contributed by atoms with Gasteiger partial charge in [-0.05, 0) is 38.1 Å². The number of nitrogens with zero attached hydrogens (tertiary/aromatic N) is 5. The summed E-state index contributed by atoms with van der Waals surface area (Å²) >= 11 is 0. The number of rotatable bonds is 1. The number of hydrogen-bond donors (Lipinski definition) is 0. The highest BCUT2D eigenvalue weighted by Crippen LogP contribution is 2.14. The van der Waals surface area contributed by atoms with Gasteiger partial charge in [0.15, 0.2) is 0 Å². The Labute approximate surface area is 129 Å². The number of aryl methyl sites for hydroxylation is 3. The minimum absolute atomic E-state index is 0.949. The molecule has 5 heteroatoms. The van der Waals surface area contributed by atoms with Gasteiger partial charge in [-0.3, -0.25) is 0 Å². The first-order chi connectivity index (χ1) is 10.7. The second-order valence-corrected chi connectivity index (χ2v) is 5.09. The third kappa shape index (κ3) is 2.57. The lowest BCUT2D eigenvalue weighted by molar-refractivity contribution is 0.736. The van der Waals surface area contributed by atoms with E-state index >= 15 is 0 Å². The van der Waals surface area contributed by atoms with Crippen molar-refractivity contribution in [2.24, 2.45) is 7.05 Å². The molecule has 0 aliphatic heterocycles. The average molecular weight is 293 g/mol. The Hall–Kier alpha value is -2.69. The third-order valence-electron chi connectivity index (χ3n) is 3.68. The van der Waals surface area contributed by atoms with E-state index in [2.05, 4.69) is 45.0 Å². The Morgan fingerprint density at radius 3 is 2.23 bits per heavy atom. The molecule has 0 amide bonds. The van der Waals surface area contributed by atoms with Crippen molar-refractivity contribution in [1.82, 2.24) is 24.5 Å². The van der Waals surface area contributed by atoms with E-state index in [-0.39, 0.29) is 0 Å². The molecule has 0 aliphatic rings. The van der Waals surface area contributed by atoms with Gasteiger partial charge in [0, 0.05) is 13.6 Å². The molecule has 2 aromatic carbocycles. The quantitative estimate of drug-likeness (QED) is 0.541. The molecule has 0 spiro atoms. The van der Waals surface area contributed by atoms with Crippen LogP contribution in [-0.2, 0) is 13.6 Å². The summed E-state index contributed by atoms with van der Waals surface area (Å²) in [4.78, 5) is 4.45. The molecule has 0 atom stereocenters. The predicted molar refractivity (Wildman–Crippen MR) is 88.7 cm³/mol. The number of benzene rings is 2. The molecule has 4 rings (SSSR count). The van der Waals surface area contributed by atoms with Crippen LogP contribution in [-0.4, -0.2) is 24.5 Å². The molecule has 0 saturated heterocycles. The van der Waals surface area contributed by atoms with Crippen molar-refractivity contribution in [3.05, 3.63) is 54.4 Å². The van der Waals surface area contributed by atoms with Gasteiger partial charge in [-0.1, -0.05) is 29.5 Å². The van der Waals surface area contributed by atoms with Crippen LogP contribution >= 0.6 is 0 Å². The van der Waals surface area contributed by atoms with Gasteiger partial charge in [0.2, 0.25) is 0 Å². The molecule has 0 aliphatic carbocycles. The van der Waals surface area contributed by atoms with Crippen LogP contribution in [0.3, 0.4) is 0 Å². The van der Waals surface area contributed by atoms with Gasteiger partial charge < -0.3 is 4.57 Å². The van der Waals surface area contributed by atoms with E-state index in [1.165, 1.54) is 5.52 Å². The molecule has 22 heavy (non-hydrogen) atoms. The van der Waals surface area contributed by atoms with Crippen LogP contribution in [0, 0.1) is 6.92 Å². The molecule has 0 fully saturated rings. The Morgan fingerprint density at radius 1 is 0.909 bits per heavy atom. The van der Waals surface area contributed by atoms with Crippen LogP contribution in [0.15, 0.2) is 48.5 Å². The highest BCUT2D eigenvalue weighted by Gasteiger charge is 2.02. The molecule has 2 aromatic heterocycles. The van der Waals surface area contributed by atoms with E-state index in [1.807, 2.05) is 44.3 Å². The lowest BCUT2D eigenvalue weighted by Crippen LogP contribution is -1.95. The van der Waals surface area contributed by atoms with E-state index in [0.717, 1.165) is 28.9 Å². The molecule has 0 saturated carbocycles. The average Bonchev–Trinajstić information content (AvgIpc) is 3.08. The third-order valence-corrected chi connectivity index (χ3v) is 3.68. The normalized spacial score (nSPS) is 10.7. The van der Waals surface area contributed by atoms with Crippen molar-refractivity contribution >= 4 is 22.1 Å². The zero-order chi connectivity index (χ0) is 15.5. The second kappa shape index (κ2) is 5.97. The molecular weight excluding hydrogens is 274 g/mol. The van der Waals surface area contributed by atoms with E-state index in [0.29, 0.717) is 0 Å².